The maximum absolute atomic E-state index is 10.1. The van der Waals surface area contributed by atoms with Gasteiger partial charge in [0.1, 0.15) is 5.75 Å². The fraction of sp³-hybridized carbons (Fsp3) is 0.647. The summed E-state index contributed by atoms with van der Waals surface area (Å²) in [4.78, 5) is 4.60. The van der Waals surface area contributed by atoms with Crippen LogP contribution in [0.25, 0.3) is 0 Å². The highest BCUT2D eigenvalue weighted by Crippen LogP contribution is 2.40. The number of aliphatic hydroxyl groups is 1. The van der Waals surface area contributed by atoms with Crippen LogP contribution < -0.4 is 9.64 Å². The van der Waals surface area contributed by atoms with Crippen LogP contribution in [-0.2, 0) is 0 Å². The van der Waals surface area contributed by atoms with Crippen LogP contribution in [0, 0.1) is 0 Å². The van der Waals surface area contributed by atoms with E-state index in [4.69, 9.17) is 4.74 Å². The number of anilines is 1. The molecule has 0 amide bonds. The van der Waals surface area contributed by atoms with Gasteiger partial charge in [-0.2, -0.15) is 0 Å². The first-order valence-corrected chi connectivity index (χ1v) is 7.65. The fourth-order valence-corrected chi connectivity index (χ4v) is 3.32. The van der Waals surface area contributed by atoms with E-state index >= 15 is 0 Å². The molecule has 4 heteroatoms. The summed E-state index contributed by atoms with van der Waals surface area (Å²) in [7, 11) is 8.07. The first-order valence-electron chi connectivity index (χ1n) is 7.65. The molecular formula is C17H28N2O2. The van der Waals surface area contributed by atoms with Crippen molar-refractivity contribution in [1.29, 1.82) is 0 Å². The van der Waals surface area contributed by atoms with Gasteiger partial charge < -0.3 is 19.6 Å². The number of likely N-dealkylation sites (N-methyl/N-ethyl adjacent to an activating group) is 2. The Bertz CT molecular complexity index is 482. The molecule has 21 heavy (non-hydrogen) atoms. The van der Waals surface area contributed by atoms with Gasteiger partial charge >= 0.3 is 0 Å². The standard InChI is InChI=1S/C17H28N2O2/c1-13(20)16-14(8-6-9-15(16)21-5)19(4)12-17(18(2)3)10-7-11-17/h6,8-9,13,20H,7,10-12H2,1-5H3/t13-/m0/s1. The second kappa shape index (κ2) is 6.24. The zero-order valence-corrected chi connectivity index (χ0v) is 13.9. The molecule has 0 bridgehead atoms. The van der Waals surface area contributed by atoms with Crippen molar-refractivity contribution in [2.45, 2.75) is 37.8 Å². The predicted molar refractivity (Wildman–Crippen MR) is 87.2 cm³/mol. The zero-order chi connectivity index (χ0) is 15.6. The summed E-state index contributed by atoms with van der Waals surface area (Å²) < 4.78 is 5.42. The van der Waals surface area contributed by atoms with Crippen molar-refractivity contribution in [2.24, 2.45) is 0 Å². The summed E-state index contributed by atoms with van der Waals surface area (Å²) in [6.07, 6.45) is 3.22. The van der Waals surface area contributed by atoms with E-state index in [1.807, 2.05) is 12.1 Å². The molecule has 1 fully saturated rings. The van der Waals surface area contributed by atoms with Crippen molar-refractivity contribution in [2.75, 3.05) is 39.7 Å². The Hall–Kier alpha value is -1.26. The monoisotopic (exact) mass is 292 g/mol. The normalized spacial score (nSPS) is 18.2. The minimum absolute atomic E-state index is 0.258. The number of nitrogens with zero attached hydrogens (tertiary/aromatic N) is 2. The molecule has 1 aromatic carbocycles. The summed E-state index contributed by atoms with van der Waals surface area (Å²) in [5.41, 5.74) is 2.18. The van der Waals surface area contributed by atoms with E-state index in [0.29, 0.717) is 0 Å². The van der Waals surface area contributed by atoms with Crippen LogP contribution in [0.4, 0.5) is 5.69 Å². The molecular weight excluding hydrogens is 264 g/mol. The third kappa shape index (κ3) is 3.01. The highest BCUT2D eigenvalue weighted by Gasteiger charge is 2.40. The first kappa shape index (κ1) is 16.1. The van der Waals surface area contributed by atoms with Gasteiger partial charge in [0, 0.05) is 30.4 Å². The van der Waals surface area contributed by atoms with Gasteiger partial charge in [0.15, 0.2) is 0 Å². The van der Waals surface area contributed by atoms with Crippen molar-refractivity contribution in [3.05, 3.63) is 23.8 Å². The minimum atomic E-state index is -0.546. The Morgan fingerprint density at radius 2 is 1.95 bits per heavy atom. The van der Waals surface area contributed by atoms with E-state index in [1.165, 1.54) is 19.3 Å². The van der Waals surface area contributed by atoms with Crippen molar-refractivity contribution in [1.82, 2.24) is 4.90 Å². The number of benzene rings is 1. The van der Waals surface area contributed by atoms with Gasteiger partial charge in [0.2, 0.25) is 0 Å². The summed E-state index contributed by atoms with van der Waals surface area (Å²) >= 11 is 0. The molecule has 0 saturated heterocycles. The van der Waals surface area contributed by atoms with Gasteiger partial charge in [0.05, 0.1) is 13.2 Å². The lowest BCUT2D eigenvalue weighted by Crippen LogP contribution is -2.56. The highest BCUT2D eigenvalue weighted by atomic mass is 16.5. The first-order chi connectivity index (χ1) is 9.91. The molecule has 1 saturated carbocycles. The smallest absolute Gasteiger partial charge is 0.126 e. The highest BCUT2D eigenvalue weighted by molar-refractivity contribution is 5.60. The second-order valence-corrected chi connectivity index (χ2v) is 6.40. The van der Waals surface area contributed by atoms with Crippen molar-refractivity contribution in [3.8, 4) is 5.75 Å². The maximum Gasteiger partial charge on any atom is 0.126 e. The van der Waals surface area contributed by atoms with E-state index in [-0.39, 0.29) is 5.54 Å². The van der Waals surface area contributed by atoms with Gasteiger partial charge in [-0.3, -0.25) is 0 Å². The summed E-state index contributed by atoms with van der Waals surface area (Å²) in [5.74, 6) is 0.752. The molecule has 2 rings (SSSR count). The van der Waals surface area contributed by atoms with Gasteiger partial charge in [-0.1, -0.05) is 6.07 Å². The average molecular weight is 292 g/mol. The topological polar surface area (TPSA) is 35.9 Å². The fourth-order valence-electron chi connectivity index (χ4n) is 3.32. The SMILES string of the molecule is COc1cccc(N(C)CC2(N(C)C)CCC2)c1[C@H](C)O. The lowest BCUT2D eigenvalue weighted by molar-refractivity contribution is 0.0681. The Labute approximate surface area is 128 Å². The average Bonchev–Trinajstić information content (AvgIpc) is 2.40. The van der Waals surface area contributed by atoms with E-state index in [9.17, 15) is 5.11 Å². The van der Waals surface area contributed by atoms with Gasteiger partial charge in [-0.05, 0) is 52.4 Å². The lowest BCUT2D eigenvalue weighted by atomic mass is 9.75. The Morgan fingerprint density at radius 3 is 2.38 bits per heavy atom. The third-order valence-electron chi connectivity index (χ3n) is 4.86. The molecule has 4 nitrogen and oxygen atoms in total. The third-order valence-corrected chi connectivity index (χ3v) is 4.86. The molecule has 0 aliphatic heterocycles. The molecule has 0 unspecified atom stereocenters. The molecule has 1 aliphatic carbocycles. The summed E-state index contributed by atoms with van der Waals surface area (Å²) in [6, 6.07) is 5.96. The van der Waals surface area contributed by atoms with E-state index in [0.717, 1.165) is 23.5 Å². The number of ether oxygens (including phenoxy) is 1. The minimum Gasteiger partial charge on any atom is -0.496 e. The van der Waals surface area contributed by atoms with Gasteiger partial charge in [-0.25, -0.2) is 0 Å². The van der Waals surface area contributed by atoms with Crippen LogP contribution >= 0.6 is 0 Å². The molecule has 1 N–H and O–H groups in total. The van der Waals surface area contributed by atoms with Gasteiger partial charge in [-0.15, -0.1) is 0 Å². The van der Waals surface area contributed by atoms with Crippen molar-refractivity contribution in [3.63, 3.8) is 0 Å². The van der Waals surface area contributed by atoms with Gasteiger partial charge in [0.25, 0.3) is 0 Å². The largest absolute Gasteiger partial charge is 0.496 e. The molecule has 0 aromatic heterocycles. The van der Waals surface area contributed by atoms with E-state index < -0.39 is 6.10 Å². The Kier molecular flexibility index (Phi) is 4.79. The number of methoxy groups -OCH3 is 1. The van der Waals surface area contributed by atoms with E-state index in [1.54, 1.807) is 14.0 Å². The van der Waals surface area contributed by atoms with Crippen LogP contribution in [0.3, 0.4) is 0 Å². The van der Waals surface area contributed by atoms with Crippen molar-refractivity contribution < 1.29 is 9.84 Å². The van der Waals surface area contributed by atoms with Crippen LogP contribution in [0.2, 0.25) is 0 Å². The Morgan fingerprint density at radius 1 is 1.29 bits per heavy atom. The predicted octanol–water partition coefficient (Wildman–Crippen LogP) is 2.67. The molecule has 1 aromatic rings. The van der Waals surface area contributed by atoms with E-state index in [2.05, 4.69) is 37.0 Å². The molecule has 1 aliphatic rings. The van der Waals surface area contributed by atoms with Crippen LogP contribution in [0.15, 0.2) is 18.2 Å². The molecule has 0 spiro atoms. The quantitative estimate of drug-likeness (QED) is 0.874. The molecule has 0 heterocycles. The second-order valence-electron chi connectivity index (χ2n) is 6.40. The van der Waals surface area contributed by atoms with Crippen LogP contribution in [-0.4, -0.2) is 50.3 Å². The number of rotatable bonds is 6. The lowest BCUT2D eigenvalue weighted by Gasteiger charge is -2.49. The number of aliphatic hydroxyl groups excluding tert-OH is 1. The maximum atomic E-state index is 10.1. The Balaban J connectivity index is 2.29. The van der Waals surface area contributed by atoms with Crippen LogP contribution in [0.1, 0.15) is 37.9 Å². The van der Waals surface area contributed by atoms with Crippen LogP contribution in [0.5, 0.6) is 5.75 Å². The van der Waals surface area contributed by atoms with Crippen molar-refractivity contribution >= 4 is 5.69 Å². The molecule has 1 atom stereocenters. The molecule has 0 radical (unpaired) electrons. The summed E-state index contributed by atoms with van der Waals surface area (Å²) in [6.45, 7) is 2.76. The molecule has 118 valence electrons. The zero-order valence-electron chi connectivity index (χ0n) is 13.9. The summed E-state index contributed by atoms with van der Waals surface area (Å²) in [5, 5.41) is 10.1. The number of hydrogen-bond acceptors (Lipinski definition) is 4. The number of hydrogen-bond donors (Lipinski definition) is 1.